The molecule has 3 saturated heterocycles. The lowest BCUT2D eigenvalue weighted by molar-refractivity contribution is -0.127. The number of primary amides is 1. The molecule has 0 aromatic heterocycles. The number of rotatable bonds is 6. The van der Waals surface area contributed by atoms with Crippen molar-refractivity contribution in [1.82, 2.24) is 9.21 Å². The number of nitrogens with two attached hydrogens (primary N) is 1. The summed E-state index contributed by atoms with van der Waals surface area (Å²) in [4.78, 5) is 14.7. The number of hydrogen-bond donors (Lipinski definition) is 1. The van der Waals surface area contributed by atoms with Gasteiger partial charge in [0.25, 0.3) is 0 Å². The zero-order chi connectivity index (χ0) is 22.3. The summed E-state index contributed by atoms with van der Waals surface area (Å²) < 4.78 is 34.6. The van der Waals surface area contributed by atoms with Crippen LogP contribution in [0.4, 0.5) is 5.69 Å². The number of anilines is 1. The van der Waals surface area contributed by atoms with Crippen molar-refractivity contribution in [1.29, 1.82) is 0 Å². The molecule has 0 saturated carbocycles. The van der Waals surface area contributed by atoms with E-state index >= 15 is 0 Å². The molecule has 4 rings (SSSR count). The Morgan fingerprint density at radius 3 is 2.42 bits per heavy atom. The SMILES string of the molecule is CC(C)(CCN1CCOCC1)c1ccc(N2C[C@@]3(C(N)=O)CCCCN3S2(=O)=O)cc1. The third kappa shape index (κ3) is 4.08. The van der Waals surface area contributed by atoms with Crippen molar-refractivity contribution < 1.29 is 17.9 Å². The standard InChI is InChI=1S/C22H34N4O4S/c1-21(2,10-12-24-13-15-30-16-14-24)18-5-7-19(8-6-18)25-17-22(20(23)27)9-3-4-11-26(22)31(25,28)29/h5-8H,3-4,9-17H2,1-2H3,(H2,23,27)/t22-/m1/s1. The van der Waals surface area contributed by atoms with Crippen LogP contribution >= 0.6 is 0 Å². The van der Waals surface area contributed by atoms with E-state index in [9.17, 15) is 13.2 Å². The van der Waals surface area contributed by atoms with Crippen molar-refractivity contribution in [3.05, 3.63) is 29.8 Å². The minimum absolute atomic E-state index is 0.0351. The first-order valence-electron chi connectivity index (χ1n) is 11.2. The predicted octanol–water partition coefficient (Wildman–Crippen LogP) is 1.46. The van der Waals surface area contributed by atoms with E-state index in [1.165, 1.54) is 14.2 Å². The van der Waals surface area contributed by atoms with Crippen LogP contribution in [0.25, 0.3) is 0 Å². The minimum Gasteiger partial charge on any atom is -0.379 e. The molecule has 1 amide bonds. The Morgan fingerprint density at radius 2 is 1.81 bits per heavy atom. The van der Waals surface area contributed by atoms with Crippen molar-refractivity contribution >= 4 is 21.8 Å². The fourth-order valence-electron chi connectivity index (χ4n) is 4.98. The first kappa shape index (κ1) is 22.5. The van der Waals surface area contributed by atoms with Gasteiger partial charge in [0.2, 0.25) is 5.91 Å². The molecular formula is C22H34N4O4S. The van der Waals surface area contributed by atoms with Crippen molar-refractivity contribution in [2.45, 2.75) is 50.5 Å². The van der Waals surface area contributed by atoms with Crippen molar-refractivity contribution in [3.8, 4) is 0 Å². The van der Waals surface area contributed by atoms with E-state index < -0.39 is 21.7 Å². The average molecular weight is 451 g/mol. The van der Waals surface area contributed by atoms with E-state index in [1.54, 1.807) is 0 Å². The molecule has 0 aliphatic carbocycles. The van der Waals surface area contributed by atoms with Gasteiger partial charge < -0.3 is 10.5 Å². The average Bonchev–Trinajstić information content (AvgIpc) is 3.02. The highest BCUT2D eigenvalue weighted by Gasteiger charge is 2.59. The molecule has 3 heterocycles. The number of ether oxygens (including phenoxy) is 1. The Bertz CT molecular complexity index is 912. The van der Waals surface area contributed by atoms with E-state index in [0.717, 1.165) is 52.1 Å². The van der Waals surface area contributed by atoms with Gasteiger partial charge in [-0.3, -0.25) is 14.0 Å². The molecule has 1 aromatic rings. The molecule has 172 valence electrons. The van der Waals surface area contributed by atoms with Crippen LogP contribution in [-0.2, 0) is 25.2 Å². The maximum Gasteiger partial charge on any atom is 0.305 e. The van der Waals surface area contributed by atoms with Gasteiger partial charge in [0.15, 0.2) is 0 Å². The zero-order valence-electron chi connectivity index (χ0n) is 18.5. The summed E-state index contributed by atoms with van der Waals surface area (Å²) in [6, 6.07) is 7.74. The van der Waals surface area contributed by atoms with Crippen LogP contribution in [0.15, 0.2) is 24.3 Å². The van der Waals surface area contributed by atoms with Gasteiger partial charge in [-0.15, -0.1) is 0 Å². The Balaban J connectivity index is 1.51. The molecule has 8 nitrogen and oxygen atoms in total. The normalized spacial score (nSPS) is 27.2. The number of hydrogen-bond acceptors (Lipinski definition) is 5. The molecular weight excluding hydrogens is 416 g/mol. The number of nitrogens with zero attached hydrogens (tertiary/aromatic N) is 3. The molecule has 0 bridgehead atoms. The maximum atomic E-state index is 13.2. The predicted molar refractivity (Wildman–Crippen MR) is 120 cm³/mol. The first-order chi connectivity index (χ1) is 14.7. The molecule has 3 fully saturated rings. The second kappa shape index (κ2) is 8.35. The summed E-state index contributed by atoms with van der Waals surface area (Å²) in [5.41, 5.74) is 6.29. The summed E-state index contributed by atoms with van der Waals surface area (Å²) in [6.45, 7) is 9.41. The molecule has 3 aliphatic heterocycles. The van der Waals surface area contributed by atoms with Crippen LogP contribution < -0.4 is 10.0 Å². The van der Waals surface area contributed by atoms with E-state index in [2.05, 4.69) is 18.7 Å². The molecule has 3 aliphatic rings. The Hall–Kier alpha value is -1.68. The highest BCUT2D eigenvalue weighted by molar-refractivity contribution is 7.90. The lowest BCUT2D eigenvalue weighted by atomic mass is 9.81. The Kier molecular flexibility index (Phi) is 6.06. The lowest BCUT2D eigenvalue weighted by Gasteiger charge is -2.35. The number of carbonyl (C=O) groups is 1. The summed E-state index contributed by atoms with van der Waals surface area (Å²) in [6.07, 6.45) is 3.04. The Labute approximate surface area is 185 Å². The first-order valence-corrected chi connectivity index (χ1v) is 12.6. The minimum atomic E-state index is -3.77. The van der Waals surface area contributed by atoms with Crippen LogP contribution in [-0.4, -0.2) is 75.0 Å². The fourth-order valence-corrected chi connectivity index (χ4v) is 7.02. The number of carbonyl (C=O) groups excluding carboxylic acids is 1. The maximum absolute atomic E-state index is 13.2. The molecule has 2 N–H and O–H groups in total. The largest absolute Gasteiger partial charge is 0.379 e. The van der Waals surface area contributed by atoms with E-state index in [0.29, 0.717) is 18.7 Å². The second-order valence-electron chi connectivity index (χ2n) is 9.57. The van der Waals surface area contributed by atoms with Gasteiger partial charge in [-0.1, -0.05) is 26.0 Å². The van der Waals surface area contributed by atoms with Crippen molar-refractivity contribution in [2.75, 3.05) is 50.2 Å². The van der Waals surface area contributed by atoms with Crippen LogP contribution in [0.5, 0.6) is 0 Å². The number of piperidine rings is 1. The quantitative estimate of drug-likeness (QED) is 0.708. The molecule has 9 heteroatoms. The summed E-state index contributed by atoms with van der Waals surface area (Å²) in [5.74, 6) is -0.556. The number of fused-ring (bicyclic) bond motifs is 1. The van der Waals surface area contributed by atoms with Gasteiger partial charge in [0.1, 0.15) is 5.54 Å². The third-order valence-electron chi connectivity index (χ3n) is 7.19. The summed E-state index contributed by atoms with van der Waals surface area (Å²) in [7, 11) is -3.77. The summed E-state index contributed by atoms with van der Waals surface area (Å²) in [5, 5.41) is 0. The number of benzene rings is 1. The van der Waals surface area contributed by atoms with Crippen LogP contribution in [0, 0.1) is 0 Å². The van der Waals surface area contributed by atoms with Crippen LogP contribution in [0.2, 0.25) is 0 Å². The van der Waals surface area contributed by atoms with E-state index in [1.807, 2.05) is 24.3 Å². The van der Waals surface area contributed by atoms with Crippen LogP contribution in [0.1, 0.15) is 45.1 Å². The number of morpholine rings is 1. The lowest BCUT2D eigenvalue weighted by Crippen LogP contribution is -2.58. The van der Waals surface area contributed by atoms with E-state index in [4.69, 9.17) is 10.5 Å². The molecule has 1 atom stereocenters. The fraction of sp³-hybridized carbons (Fsp3) is 0.682. The summed E-state index contributed by atoms with van der Waals surface area (Å²) >= 11 is 0. The van der Waals surface area contributed by atoms with Gasteiger partial charge in [-0.2, -0.15) is 12.7 Å². The number of amides is 1. The molecule has 0 spiro atoms. The topological polar surface area (TPSA) is 96.2 Å². The highest BCUT2D eigenvalue weighted by Crippen LogP contribution is 2.41. The van der Waals surface area contributed by atoms with E-state index in [-0.39, 0.29) is 12.0 Å². The van der Waals surface area contributed by atoms with Gasteiger partial charge in [0.05, 0.1) is 25.4 Å². The third-order valence-corrected chi connectivity index (χ3v) is 9.18. The smallest absolute Gasteiger partial charge is 0.305 e. The Morgan fingerprint density at radius 1 is 1.13 bits per heavy atom. The molecule has 0 radical (unpaired) electrons. The van der Waals surface area contributed by atoms with Crippen molar-refractivity contribution in [3.63, 3.8) is 0 Å². The monoisotopic (exact) mass is 450 g/mol. The second-order valence-corrected chi connectivity index (χ2v) is 11.4. The van der Waals surface area contributed by atoms with Gasteiger partial charge >= 0.3 is 10.2 Å². The molecule has 1 aromatic carbocycles. The van der Waals surface area contributed by atoms with Crippen molar-refractivity contribution in [2.24, 2.45) is 5.73 Å². The molecule has 31 heavy (non-hydrogen) atoms. The highest BCUT2D eigenvalue weighted by atomic mass is 32.2. The van der Waals surface area contributed by atoms with Gasteiger partial charge in [0, 0.05) is 19.6 Å². The molecule has 0 unspecified atom stereocenters. The zero-order valence-corrected chi connectivity index (χ0v) is 19.4. The van der Waals surface area contributed by atoms with Gasteiger partial charge in [-0.25, -0.2) is 0 Å². The van der Waals surface area contributed by atoms with Crippen LogP contribution in [0.3, 0.4) is 0 Å². The van der Waals surface area contributed by atoms with Gasteiger partial charge in [-0.05, 0) is 55.3 Å².